The van der Waals surface area contributed by atoms with Gasteiger partial charge in [-0.25, -0.2) is 9.69 Å². The van der Waals surface area contributed by atoms with Crippen LogP contribution in [0.3, 0.4) is 0 Å². The molecule has 0 aromatic carbocycles. The molecule has 1 aromatic rings. The SMILES string of the molecule is O=C1C2CCCCCN2C(=O)N1c1cccnn1. The zero-order valence-electron chi connectivity index (χ0n) is 9.95. The zero-order chi connectivity index (χ0) is 12.5. The maximum absolute atomic E-state index is 12.3. The van der Waals surface area contributed by atoms with E-state index >= 15 is 0 Å². The normalized spacial score (nSPS) is 24.1. The monoisotopic (exact) mass is 246 g/mol. The van der Waals surface area contributed by atoms with Crippen molar-refractivity contribution in [2.24, 2.45) is 0 Å². The first-order valence-electron chi connectivity index (χ1n) is 6.21. The van der Waals surface area contributed by atoms with Crippen LogP contribution >= 0.6 is 0 Å². The smallest absolute Gasteiger partial charge is 0.312 e. The van der Waals surface area contributed by atoms with E-state index in [4.69, 9.17) is 0 Å². The van der Waals surface area contributed by atoms with E-state index in [0.717, 1.165) is 30.6 Å². The Morgan fingerprint density at radius 3 is 2.89 bits per heavy atom. The first-order chi connectivity index (χ1) is 8.79. The van der Waals surface area contributed by atoms with Crippen LogP contribution in [0.15, 0.2) is 18.3 Å². The molecule has 0 N–H and O–H groups in total. The van der Waals surface area contributed by atoms with Crippen molar-refractivity contribution in [1.29, 1.82) is 0 Å². The van der Waals surface area contributed by atoms with Gasteiger partial charge in [0.15, 0.2) is 5.82 Å². The third-order valence-electron chi connectivity index (χ3n) is 3.48. The van der Waals surface area contributed by atoms with E-state index in [9.17, 15) is 9.59 Å². The lowest BCUT2D eigenvalue weighted by Crippen LogP contribution is -2.34. The summed E-state index contributed by atoms with van der Waals surface area (Å²) in [4.78, 5) is 27.4. The summed E-state index contributed by atoms with van der Waals surface area (Å²) in [5.74, 6) is 0.156. The Morgan fingerprint density at radius 2 is 2.11 bits per heavy atom. The summed E-state index contributed by atoms with van der Waals surface area (Å²) in [6.45, 7) is 0.659. The molecule has 94 valence electrons. The summed E-state index contributed by atoms with van der Waals surface area (Å²) in [5, 5.41) is 7.57. The maximum Gasteiger partial charge on any atom is 0.333 e. The molecule has 1 atom stereocenters. The number of aromatic nitrogens is 2. The van der Waals surface area contributed by atoms with Crippen LogP contribution in [-0.4, -0.2) is 39.6 Å². The van der Waals surface area contributed by atoms with Crippen molar-refractivity contribution in [3.05, 3.63) is 18.3 Å². The fraction of sp³-hybridized carbons (Fsp3) is 0.500. The van der Waals surface area contributed by atoms with Crippen LogP contribution in [0.25, 0.3) is 0 Å². The van der Waals surface area contributed by atoms with Gasteiger partial charge in [-0.15, -0.1) is 5.10 Å². The molecule has 0 saturated carbocycles. The molecule has 3 amide bonds. The zero-order valence-corrected chi connectivity index (χ0v) is 9.95. The highest BCUT2D eigenvalue weighted by molar-refractivity contribution is 6.20. The van der Waals surface area contributed by atoms with Gasteiger partial charge in [0.05, 0.1) is 0 Å². The molecule has 3 heterocycles. The molecule has 0 aliphatic carbocycles. The van der Waals surface area contributed by atoms with Gasteiger partial charge in [0, 0.05) is 12.7 Å². The fourth-order valence-electron chi connectivity index (χ4n) is 2.59. The third kappa shape index (κ3) is 1.64. The molecule has 0 bridgehead atoms. The first-order valence-corrected chi connectivity index (χ1v) is 6.21. The summed E-state index contributed by atoms with van der Waals surface area (Å²) in [6, 6.07) is 2.75. The van der Waals surface area contributed by atoms with Gasteiger partial charge in [0.2, 0.25) is 0 Å². The molecule has 2 aliphatic heterocycles. The summed E-state index contributed by atoms with van der Waals surface area (Å²) < 4.78 is 0. The van der Waals surface area contributed by atoms with Gasteiger partial charge in [-0.3, -0.25) is 4.79 Å². The molecule has 1 aromatic heterocycles. The van der Waals surface area contributed by atoms with E-state index in [-0.39, 0.29) is 18.0 Å². The number of nitrogens with zero attached hydrogens (tertiary/aromatic N) is 4. The van der Waals surface area contributed by atoms with Crippen molar-refractivity contribution in [3.8, 4) is 0 Å². The van der Waals surface area contributed by atoms with Gasteiger partial charge in [0.1, 0.15) is 6.04 Å². The van der Waals surface area contributed by atoms with Crippen LogP contribution in [0, 0.1) is 0 Å². The Balaban J connectivity index is 1.94. The summed E-state index contributed by atoms with van der Waals surface area (Å²) in [5.41, 5.74) is 0. The second kappa shape index (κ2) is 4.36. The Morgan fingerprint density at radius 1 is 1.22 bits per heavy atom. The summed E-state index contributed by atoms with van der Waals surface area (Å²) >= 11 is 0. The third-order valence-corrected chi connectivity index (χ3v) is 3.48. The molecule has 1 unspecified atom stereocenters. The number of fused-ring (bicyclic) bond motifs is 1. The number of rotatable bonds is 1. The first kappa shape index (κ1) is 11.1. The van der Waals surface area contributed by atoms with Gasteiger partial charge in [-0.2, -0.15) is 5.10 Å². The lowest BCUT2D eigenvalue weighted by molar-refractivity contribution is -0.119. The highest BCUT2D eigenvalue weighted by Gasteiger charge is 2.46. The van der Waals surface area contributed by atoms with E-state index in [1.54, 1.807) is 17.0 Å². The van der Waals surface area contributed by atoms with E-state index in [1.807, 2.05) is 0 Å². The van der Waals surface area contributed by atoms with Crippen LogP contribution in [0.5, 0.6) is 0 Å². The summed E-state index contributed by atoms with van der Waals surface area (Å²) in [7, 11) is 0. The predicted octanol–water partition coefficient (Wildman–Crippen LogP) is 1.19. The molecule has 2 fully saturated rings. The number of hydrogen-bond acceptors (Lipinski definition) is 4. The number of carbonyl (C=O) groups excluding carboxylic acids is 2. The van der Waals surface area contributed by atoms with Crippen molar-refractivity contribution in [2.45, 2.75) is 31.7 Å². The Labute approximate surface area is 105 Å². The average Bonchev–Trinajstić information content (AvgIpc) is 2.60. The molecule has 3 rings (SSSR count). The minimum absolute atomic E-state index is 0.164. The quantitative estimate of drug-likeness (QED) is 0.698. The van der Waals surface area contributed by atoms with E-state index in [1.165, 1.54) is 6.20 Å². The number of amides is 3. The highest BCUT2D eigenvalue weighted by atomic mass is 16.2. The minimum Gasteiger partial charge on any atom is -0.312 e. The van der Waals surface area contributed by atoms with Gasteiger partial charge < -0.3 is 4.90 Å². The molecule has 2 aliphatic rings. The Kier molecular flexibility index (Phi) is 2.70. The maximum atomic E-state index is 12.3. The van der Waals surface area contributed by atoms with Gasteiger partial charge in [0.25, 0.3) is 5.91 Å². The van der Waals surface area contributed by atoms with E-state index in [0.29, 0.717) is 12.4 Å². The van der Waals surface area contributed by atoms with Crippen molar-refractivity contribution in [2.75, 3.05) is 11.4 Å². The standard InChI is InChI=1S/C12H14N4O2/c17-11-9-5-2-1-3-8-15(9)12(18)16(11)10-6-4-7-13-14-10/h4,6-7,9H,1-3,5,8H2. The Bertz CT molecular complexity index is 452. The van der Waals surface area contributed by atoms with Crippen LogP contribution in [0.4, 0.5) is 10.6 Å². The van der Waals surface area contributed by atoms with Gasteiger partial charge >= 0.3 is 6.03 Å². The highest BCUT2D eigenvalue weighted by Crippen LogP contribution is 2.28. The molecule has 6 nitrogen and oxygen atoms in total. The summed E-state index contributed by atoms with van der Waals surface area (Å²) in [6.07, 6.45) is 5.31. The molecule has 18 heavy (non-hydrogen) atoms. The second-order valence-corrected chi connectivity index (χ2v) is 4.60. The van der Waals surface area contributed by atoms with E-state index < -0.39 is 0 Å². The molecule has 6 heteroatoms. The van der Waals surface area contributed by atoms with Gasteiger partial charge in [-0.1, -0.05) is 12.8 Å². The van der Waals surface area contributed by atoms with Crippen LogP contribution in [0.1, 0.15) is 25.7 Å². The molecule has 0 radical (unpaired) electrons. The van der Waals surface area contributed by atoms with Crippen molar-refractivity contribution < 1.29 is 9.59 Å². The van der Waals surface area contributed by atoms with Crippen molar-refractivity contribution in [3.63, 3.8) is 0 Å². The number of carbonyl (C=O) groups is 2. The Hall–Kier alpha value is -1.98. The number of urea groups is 1. The van der Waals surface area contributed by atoms with Crippen LogP contribution < -0.4 is 4.90 Å². The van der Waals surface area contributed by atoms with Crippen molar-refractivity contribution in [1.82, 2.24) is 15.1 Å². The minimum atomic E-state index is -0.304. The molecule has 0 spiro atoms. The number of anilines is 1. The molecular formula is C12H14N4O2. The molecular weight excluding hydrogens is 232 g/mol. The number of imide groups is 1. The average molecular weight is 246 g/mol. The number of hydrogen-bond donors (Lipinski definition) is 0. The van der Waals surface area contributed by atoms with Crippen LogP contribution in [0.2, 0.25) is 0 Å². The van der Waals surface area contributed by atoms with Crippen molar-refractivity contribution >= 4 is 17.8 Å². The fourth-order valence-corrected chi connectivity index (χ4v) is 2.59. The predicted molar refractivity (Wildman–Crippen MR) is 63.9 cm³/mol. The lowest BCUT2D eigenvalue weighted by Gasteiger charge is -2.17. The second-order valence-electron chi connectivity index (χ2n) is 4.60. The molecule has 2 saturated heterocycles. The van der Waals surface area contributed by atoms with Gasteiger partial charge in [-0.05, 0) is 25.0 Å². The van der Waals surface area contributed by atoms with Crippen LogP contribution in [-0.2, 0) is 4.79 Å². The topological polar surface area (TPSA) is 66.4 Å². The lowest BCUT2D eigenvalue weighted by atomic mass is 10.1. The largest absolute Gasteiger partial charge is 0.333 e. The van der Waals surface area contributed by atoms with E-state index in [2.05, 4.69) is 10.2 Å².